The lowest BCUT2D eigenvalue weighted by Gasteiger charge is -2.29. The Morgan fingerprint density at radius 3 is 2.44 bits per heavy atom. The Labute approximate surface area is 255 Å². The second kappa shape index (κ2) is 12.4. The molecule has 6 rings (SSSR count). The summed E-state index contributed by atoms with van der Waals surface area (Å²) in [6.07, 6.45) is 4.16. The van der Waals surface area contributed by atoms with Crippen molar-refractivity contribution in [2.24, 2.45) is 0 Å². The van der Waals surface area contributed by atoms with Gasteiger partial charge in [-0.05, 0) is 68.1 Å². The second-order valence-corrected chi connectivity index (χ2v) is 10.8. The van der Waals surface area contributed by atoms with Gasteiger partial charge in [-0.25, -0.2) is 9.78 Å². The number of carbonyl (C=O) groups is 3. The van der Waals surface area contributed by atoms with Crippen LogP contribution in [0.3, 0.4) is 0 Å². The van der Waals surface area contributed by atoms with E-state index in [4.69, 9.17) is 4.74 Å². The summed E-state index contributed by atoms with van der Waals surface area (Å²) in [6, 6.07) is 16.2. The molecule has 1 aliphatic heterocycles. The van der Waals surface area contributed by atoms with Crippen LogP contribution in [0.4, 0.5) is 21.9 Å². The highest BCUT2D eigenvalue weighted by atomic mass is 32.1. The molecular formula is C29H31N5O4S3. The molecule has 1 saturated carbocycles. The number of benzene rings is 2. The number of thiophene rings is 1. The van der Waals surface area contributed by atoms with Crippen molar-refractivity contribution in [3.05, 3.63) is 71.2 Å². The van der Waals surface area contributed by atoms with Crippen molar-refractivity contribution in [3.63, 3.8) is 0 Å². The number of rotatable bonds is 6. The van der Waals surface area contributed by atoms with Crippen molar-refractivity contribution in [1.29, 1.82) is 0 Å². The third-order valence-electron chi connectivity index (χ3n) is 7.06. The number of para-hydroxylation sites is 1. The highest BCUT2D eigenvalue weighted by Gasteiger charge is 2.35. The zero-order valence-electron chi connectivity index (χ0n) is 22.5. The molecule has 0 spiro atoms. The van der Waals surface area contributed by atoms with Crippen LogP contribution in [0.1, 0.15) is 41.4 Å². The summed E-state index contributed by atoms with van der Waals surface area (Å²) in [6.45, 7) is 3.40. The monoisotopic (exact) mass is 609 g/mol. The van der Waals surface area contributed by atoms with Gasteiger partial charge in [0.15, 0.2) is 0 Å². The van der Waals surface area contributed by atoms with Gasteiger partial charge in [0.1, 0.15) is 21.2 Å². The fourth-order valence-electron chi connectivity index (χ4n) is 5.35. The Balaban J connectivity index is 0.00000194. The number of pyridine rings is 1. The first-order valence-electron chi connectivity index (χ1n) is 12.8. The van der Waals surface area contributed by atoms with Gasteiger partial charge in [-0.2, -0.15) is 27.0 Å². The quantitative estimate of drug-likeness (QED) is 0.245. The SMILES string of the molecule is CC(=O)N[C@H]1CCC[C@@H]1NC(=O)c1sc2nccc3c2c1NC(=O)N3c1ccc(Oc2ccccc2)cc1C.S.S. The summed E-state index contributed by atoms with van der Waals surface area (Å²) in [5.74, 6) is 0.994. The highest BCUT2D eigenvalue weighted by Crippen LogP contribution is 2.46. The molecule has 2 aromatic heterocycles. The van der Waals surface area contributed by atoms with Crippen molar-refractivity contribution in [1.82, 2.24) is 15.6 Å². The smallest absolute Gasteiger partial charge is 0.331 e. The van der Waals surface area contributed by atoms with E-state index in [-0.39, 0.29) is 56.9 Å². The molecule has 2 aliphatic rings. The average Bonchev–Trinajstić information content (AvgIpc) is 3.50. The summed E-state index contributed by atoms with van der Waals surface area (Å²) < 4.78 is 5.96. The van der Waals surface area contributed by atoms with Crippen LogP contribution in [0.25, 0.3) is 10.2 Å². The number of aryl methyl sites for hydroxylation is 1. The summed E-state index contributed by atoms with van der Waals surface area (Å²) >= 11 is 1.24. The van der Waals surface area contributed by atoms with Crippen LogP contribution >= 0.6 is 38.3 Å². The van der Waals surface area contributed by atoms with Crippen molar-refractivity contribution in [3.8, 4) is 11.5 Å². The van der Waals surface area contributed by atoms with Crippen LogP contribution in [0.5, 0.6) is 11.5 Å². The Bertz CT molecular complexity index is 1610. The molecule has 4 amide bonds. The molecule has 3 heterocycles. The van der Waals surface area contributed by atoms with Crippen LogP contribution in [-0.2, 0) is 4.79 Å². The Kier molecular flexibility index (Phi) is 9.15. The van der Waals surface area contributed by atoms with Gasteiger partial charge in [-0.3, -0.25) is 14.5 Å². The van der Waals surface area contributed by atoms with Gasteiger partial charge in [-0.15, -0.1) is 11.3 Å². The minimum atomic E-state index is -0.362. The first kappa shape index (κ1) is 30.2. The van der Waals surface area contributed by atoms with E-state index < -0.39 is 0 Å². The topological polar surface area (TPSA) is 113 Å². The molecule has 1 aliphatic carbocycles. The van der Waals surface area contributed by atoms with Crippen molar-refractivity contribution < 1.29 is 19.1 Å². The number of aromatic nitrogens is 1. The predicted molar refractivity (Wildman–Crippen MR) is 172 cm³/mol. The molecule has 2 aromatic carbocycles. The maximum Gasteiger partial charge on any atom is 0.331 e. The molecule has 214 valence electrons. The first-order chi connectivity index (χ1) is 18.9. The van der Waals surface area contributed by atoms with Gasteiger partial charge in [0.2, 0.25) is 5.91 Å². The number of hydrogen-bond acceptors (Lipinski definition) is 6. The van der Waals surface area contributed by atoms with E-state index in [1.54, 1.807) is 17.2 Å². The van der Waals surface area contributed by atoms with Gasteiger partial charge >= 0.3 is 6.03 Å². The van der Waals surface area contributed by atoms with Crippen molar-refractivity contribution in [2.75, 3.05) is 10.2 Å². The van der Waals surface area contributed by atoms with Crippen molar-refractivity contribution >= 4 is 83.5 Å². The molecule has 1 fully saturated rings. The van der Waals surface area contributed by atoms with Gasteiger partial charge < -0.3 is 20.7 Å². The molecule has 9 nitrogen and oxygen atoms in total. The van der Waals surface area contributed by atoms with Crippen molar-refractivity contribution in [2.45, 2.75) is 45.2 Å². The largest absolute Gasteiger partial charge is 0.457 e. The van der Waals surface area contributed by atoms with Crippen LogP contribution in [0.2, 0.25) is 0 Å². The molecule has 4 aromatic rings. The highest BCUT2D eigenvalue weighted by molar-refractivity contribution is 7.59. The number of carbonyl (C=O) groups excluding carboxylic acids is 3. The number of anilines is 3. The van der Waals surface area contributed by atoms with E-state index in [0.29, 0.717) is 32.5 Å². The predicted octanol–water partition coefficient (Wildman–Crippen LogP) is 6.09. The number of hydrogen-bond donors (Lipinski definition) is 3. The molecule has 0 unspecified atom stereocenters. The summed E-state index contributed by atoms with van der Waals surface area (Å²) in [5, 5.41) is 9.67. The molecule has 41 heavy (non-hydrogen) atoms. The lowest BCUT2D eigenvalue weighted by molar-refractivity contribution is -0.119. The summed E-state index contributed by atoms with van der Waals surface area (Å²) in [4.78, 5) is 45.6. The fourth-order valence-corrected chi connectivity index (χ4v) is 6.37. The molecule has 3 N–H and O–H groups in total. The maximum absolute atomic E-state index is 13.5. The number of ether oxygens (including phenoxy) is 1. The minimum Gasteiger partial charge on any atom is -0.457 e. The number of amides is 4. The van der Waals surface area contributed by atoms with E-state index >= 15 is 0 Å². The summed E-state index contributed by atoms with van der Waals surface area (Å²) in [7, 11) is 0. The van der Waals surface area contributed by atoms with E-state index in [1.807, 2.05) is 55.5 Å². The van der Waals surface area contributed by atoms with Crippen LogP contribution < -0.4 is 25.6 Å². The second-order valence-electron chi connectivity index (χ2n) is 9.76. The van der Waals surface area contributed by atoms with Gasteiger partial charge in [-0.1, -0.05) is 18.2 Å². The lowest BCUT2D eigenvalue weighted by Crippen LogP contribution is -2.48. The number of nitrogens with one attached hydrogen (secondary N) is 3. The van der Waals surface area contributed by atoms with E-state index in [2.05, 4.69) is 20.9 Å². The number of urea groups is 1. The van der Waals surface area contributed by atoms with Crippen LogP contribution in [0, 0.1) is 6.92 Å². The third kappa shape index (κ3) is 5.85. The fraction of sp³-hybridized carbons (Fsp3) is 0.241. The summed E-state index contributed by atoms with van der Waals surface area (Å²) in [5.41, 5.74) is 2.68. The van der Waals surface area contributed by atoms with Gasteiger partial charge in [0.05, 0.1) is 22.4 Å². The molecule has 0 radical (unpaired) electrons. The third-order valence-corrected chi connectivity index (χ3v) is 8.16. The minimum absolute atomic E-state index is 0. The van der Waals surface area contributed by atoms with E-state index in [9.17, 15) is 14.4 Å². The Morgan fingerprint density at radius 2 is 1.73 bits per heavy atom. The van der Waals surface area contributed by atoms with E-state index in [0.717, 1.165) is 36.0 Å². The zero-order chi connectivity index (χ0) is 27.1. The average molecular weight is 610 g/mol. The lowest BCUT2D eigenvalue weighted by atomic mass is 10.1. The Morgan fingerprint density at radius 1 is 1.00 bits per heavy atom. The molecule has 0 saturated heterocycles. The maximum atomic E-state index is 13.5. The molecule has 0 bridgehead atoms. The molecular weight excluding hydrogens is 579 g/mol. The van der Waals surface area contributed by atoms with Crippen LogP contribution in [-0.4, -0.2) is 34.9 Å². The van der Waals surface area contributed by atoms with E-state index in [1.165, 1.54) is 18.3 Å². The Hall–Kier alpha value is -3.74. The molecule has 12 heteroatoms. The normalized spacial score (nSPS) is 17.2. The molecule has 2 atom stereocenters. The van der Waals surface area contributed by atoms with Crippen LogP contribution in [0.15, 0.2) is 60.8 Å². The van der Waals surface area contributed by atoms with Gasteiger partial charge in [0, 0.05) is 25.2 Å². The number of nitrogens with zero attached hydrogens (tertiary/aromatic N) is 2. The van der Waals surface area contributed by atoms with Gasteiger partial charge in [0.25, 0.3) is 5.91 Å². The zero-order valence-corrected chi connectivity index (χ0v) is 25.3. The first-order valence-corrected chi connectivity index (χ1v) is 13.6. The standard InChI is InChI=1S/C29H27N5O4S.2H2S/c1-16-15-19(38-18-7-4-3-5-8-18)11-12-22(16)34-23-13-14-30-28-24(23)25(33-29(34)37)26(39-28)27(36)32-21-10-6-9-20(21)31-17(2)35;;/h3-5,7-8,11-15,20-21H,6,9-10H2,1-2H3,(H,31,35)(H,32,36)(H,33,37);2*1H2/t20-,21-;;/m0../s1.